The molecule has 0 spiro atoms. The maximum Gasteiger partial charge on any atom is 0.313 e. The number of aromatic nitrogens is 8. The van der Waals surface area contributed by atoms with Crippen molar-refractivity contribution in [1.82, 2.24) is 29.5 Å². The molecule has 11 N–H and O–H groups in total. The maximum atomic E-state index is 12.6. The number of aryl methyl sites for hydroxylation is 1. The molecule has 0 aliphatic carbocycles. The minimum absolute atomic E-state index is 0.0234. The summed E-state index contributed by atoms with van der Waals surface area (Å²) in [4.78, 5) is 88.1. The van der Waals surface area contributed by atoms with Gasteiger partial charge in [-0.15, -0.1) is 11.8 Å². The number of rotatable bonds is 16. The van der Waals surface area contributed by atoms with Crippen LogP contribution in [0.2, 0.25) is 0 Å². The predicted molar refractivity (Wildman–Crippen MR) is 177 cm³/mol. The zero-order valence-corrected chi connectivity index (χ0v) is 32.2. The van der Waals surface area contributed by atoms with Gasteiger partial charge in [0, 0.05) is 0 Å². The molecule has 0 radical (unpaired) electrons. The van der Waals surface area contributed by atoms with Crippen molar-refractivity contribution in [2.75, 3.05) is 37.9 Å². The van der Waals surface area contributed by atoms with Crippen LogP contribution < -0.4 is 51.3 Å². The molecule has 4 aromatic rings. The summed E-state index contributed by atoms with van der Waals surface area (Å²) in [6.07, 6.45) is -12.4. The fraction of sp³-hybridized carbons (Fsp3) is 0.583. The SMILES string of the molecule is Cn1c[n+]([C@@H]2O[C@H](COP(=O)([O-])OCC(COP(=O)([O-])OC[C@H]3O[C@@H]([n+]4c[nH]c5c(=O)[nH]c(N)nc54)[C@H](O)[C@@H]3O)OP([O-])([O-])=S)[C@@H](O)[C@H]2O)c2nc(N)[nH]c(=O)c21. The Morgan fingerprint density at radius 1 is 0.842 bits per heavy atom. The smallest absolute Gasteiger partial charge is 0.313 e. The summed E-state index contributed by atoms with van der Waals surface area (Å²) in [5.41, 5.74) is 9.75. The van der Waals surface area contributed by atoms with Crippen LogP contribution in [0.3, 0.4) is 0 Å². The number of nitrogens with zero attached hydrogens (tertiary/aromatic N) is 5. The van der Waals surface area contributed by atoms with Crippen LogP contribution in [0.1, 0.15) is 12.5 Å². The topological polar surface area (TPSA) is 444 Å². The average molecular weight is 891 g/mol. The Morgan fingerprint density at radius 3 is 1.86 bits per heavy atom. The number of phosphoric ester groups is 2. The Morgan fingerprint density at radius 2 is 1.33 bits per heavy atom. The molecular weight excluding hydrogens is 857 g/mol. The number of nitrogens with two attached hydrogens (primary N) is 2. The molecule has 57 heavy (non-hydrogen) atoms. The van der Waals surface area contributed by atoms with Crippen molar-refractivity contribution in [2.45, 2.75) is 55.2 Å². The molecule has 2 fully saturated rings. The van der Waals surface area contributed by atoms with E-state index in [9.17, 15) is 58.7 Å². The number of nitrogen functional groups attached to an aromatic ring is 2. The lowest BCUT2D eigenvalue weighted by Crippen LogP contribution is -2.46. The Kier molecular flexibility index (Phi) is 12.5. The van der Waals surface area contributed by atoms with Gasteiger partial charge < -0.3 is 83.6 Å². The molecule has 2 saturated heterocycles. The molecule has 316 valence electrons. The van der Waals surface area contributed by atoms with Crippen molar-refractivity contribution in [2.24, 2.45) is 7.05 Å². The Hall–Kier alpha value is -3.19. The van der Waals surface area contributed by atoms with Gasteiger partial charge in [0.2, 0.25) is 23.5 Å². The first-order chi connectivity index (χ1) is 26.5. The summed E-state index contributed by atoms with van der Waals surface area (Å²) in [6, 6.07) is 0. The number of ether oxygens (including phenoxy) is 2. The fourth-order valence-corrected chi connectivity index (χ4v) is 8.24. The van der Waals surface area contributed by atoms with Crippen LogP contribution in [0.15, 0.2) is 22.2 Å². The van der Waals surface area contributed by atoms with Gasteiger partial charge in [-0.2, -0.15) is 0 Å². The molecule has 33 heteroatoms. The zero-order valence-electron chi connectivity index (χ0n) is 28.7. The van der Waals surface area contributed by atoms with E-state index < -0.39 is 115 Å². The van der Waals surface area contributed by atoms with Crippen molar-refractivity contribution in [3.05, 3.63) is 33.4 Å². The number of aromatic amines is 3. The van der Waals surface area contributed by atoms with E-state index in [1.54, 1.807) is 0 Å². The fourth-order valence-electron chi connectivity index (χ4n) is 5.88. The van der Waals surface area contributed by atoms with E-state index in [1.807, 2.05) is 0 Å². The van der Waals surface area contributed by atoms with Crippen LogP contribution in [-0.4, -0.2) is 119 Å². The Bertz CT molecular complexity index is 2390. The predicted octanol–water partition coefficient (Wildman–Crippen LogP) is -8.16. The van der Waals surface area contributed by atoms with Crippen molar-refractivity contribution < 1.29 is 90.4 Å². The third-order valence-corrected chi connectivity index (χ3v) is 11.1. The standard InChI is InChI=1S/C24H35N10O19P3S/c1-32-7-34(18-12(32)20(40)31-24(26)29-18)22-16(38)14(36)10(52-22)5-50-55(43,44)48-3-8(53-56(45,46)57)2-47-54(41,42)49-4-9-13(35)15(37)21(51-9)33-6-27-11-17(33)28-23(25)30-19(11)39/h6-10,13-16,21-22,35-38H,2-5H2,1H3,(H9-,25,26,28,29,30,31,39,40,41,42,43,44,45,46,57)/p-2/t8?,9-,10-,13-,14-,15-,16-,21-,22-/m1/s1. The van der Waals surface area contributed by atoms with Gasteiger partial charge in [0.05, 0.1) is 33.5 Å². The van der Waals surface area contributed by atoms with Crippen LogP contribution in [0.4, 0.5) is 11.9 Å². The van der Waals surface area contributed by atoms with E-state index in [0.29, 0.717) is 0 Å². The monoisotopic (exact) mass is 890 g/mol. The molecule has 4 aromatic heterocycles. The first-order valence-electron chi connectivity index (χ1n) is 16.0. The van der Waals surface area contributed by atoms with E-state index in [-0.39, 0.29) is 34.2 Å². The Balaban J connectivity index is 1.02. The molecular formula is C24H33N10O19P3S-2. The van der Waals surface area contributed by atoms with Gasteiger partial charge in [0.1, 0.15) is 42.7 Å². The number of phosphoric acid groups is 2. The number of anilines is 2. The number of fused-ring (bicyclic) bond motifs is 2. The van der Waals surface area contributed by atoms with Crippen LogP contribution in [0.25, 0.3) is 22.3 Å². The second-order valence-electron chi connectivity index (χ2n) is 12.4. The van der Waals surface area contributed by atoms with Gasteiger partial charge in [0.25, 0.3) is 38.7 Å². The molecule has 2 aliphatic heterocycles. The zero-order chi connectivity index (χ0) is 41.8. The maximum absolute atomic E-state index is 12.6. The molecule has 2 aliphatic rings. The molecule has 3 unspecified atom stereocenters. The normalized spacial score (nSPS) is 28.2. The van der Waals surface area contributed by atoms with Crippen LogP contribution in [0.5, 0.6) is 0 Å². The van der Waals surface area contributed by atoms with Crippen molar-refractivity contribution >= 4 is 68.4 Å². The van der Waals surface area contributed by atoms with Gasteiger partial charge in [0.15, 0.2) is 12.7 Å². The van der Waals surface area contributed by atoms with Gasteiger partial charge in [-0.1, -0.05) is 16.7 Å². The number of H-pyrrole nitrogens is 3. The number of aliphatic hydroxyl groups is 4. The number of hydrogen-bond donors (Lipinski definition) is 9. The summed E-state index contributed by atoms with van der Waals surface area (Å²) < 4.78 is 63.1. The van der Waals surface area contributed by atoms with Gasteiger partial charge >= 0.3 is 11.3 Å². The molecule has 29 nitrogen and oxygen atoms in total. The highest BCUT2D eigenvalue weighted by Crippen LogP contribution is 2.43. The number of imidazole rings is 2. The molecule has 0 saturated carbocycles. The molecule has 0 amide bonds. The van der Waals surface area contributed by atoms with Crippen molar-refractivity contribution in [3.63, 3.8) is 0 Å². The number of hydrogen-bond acceptors (Lipinski definition) is 24. The first kappa shape index (κ1) is 43.4. The van der Waals surface area contributed by atoms with Gasteiger partial charge in [-0.05, 0) is 0 Å². The quantitative estimate of drug-likeness (QED) is 0.0372. The molecule has 6 heterocycles. The third-order valence-electron chi connectivity index (χ3n) is 8.43. The van der Waals surface area contributed by atoms with Crippen LogP contribution in [0, 0.1) is 0 Å². The summed E-state index contributed by atoms with van der Waals surface area (Å²) >= 11 is 4.16. The van der Waals surface area contributed by atoms with E-state index in [2.05, 4.69) is 50.3 Å². The molecule has 0 bridgehead atoms. The van der Waals surface area contributed by atoms with Gasteiger partial charge in [-0.25, -0.2) is 9.13 Å². The third kappa shape index (κ3) is 9.66. The van der Waals surface area contributed by atoms with Crippen molar-refractivity contribution in [1.29, 1.82) is 0 Å². The van der Waals surface area contributed by atoms with E-state index in [0.717, 1.165) is 4.57 Å². The summed E-state index contributed by atoms with van der Waals surface area (Å²) in [5, 5.41) is 42.3. The molecule has 6 rings (SSSR count). The average Bonchev–Trinajstić information content (AvgIpc) is 3.83. The van der Waals surface area contributed by atoms with Gasteiger partial charge in [-0.3, -0.25) is 38.2 Å². The summed E-state index contributed by atoms with van der Waals surface area (Å²) in [6.45, 7) is -9.61. The summed E-state index contributed by atoms with van der Waals surface area (Å²) in [5.74, 6) is -0.551. The number of aliphatic hydroxyl groups excluding tert-OH is 4. The van der Waals surface area contributed by atoms with Crippen molar-refractivity contribution in [3.8, 4) is 0 Å². The lowest BCUT2D eigenvalue weighted by molar-refractivity contribution is -0.746. The molecule has 11 atom stereocenters. The highest BCUT2D eigenvalue weighted by Gasteiger charge is 2.48. The lowest BCUT2D eigenvalue weighted by Gasteiger charge is -2.39. The Labute approximate surface area is 321 Å². The van der Waals surface area contributed by atoms with Crippen LogP contribution in [-0.2, 0) is 60.1 Å². The lowest BCUT2D eigenvalue weighted by atomic mass is 10.1. The minimum Gasteiger partial charge on any atom is -0.812 e. The highest BCUT2D eigenvalue weighted by molar-refractivity contribution is 8.05. The van der Waals surface area contributed by atoms with E-state index in [4.69, 9.17) is 30.0 Å². The van der Waals surface area contributed by atoms with E-state index in [1.165, 1.54) is 28.8 Å². The largest absolute Gasteiger partial charge is 0.812 e. The second-order valence-corrected chi connectivity index (χ2v) is 17.7. The summed E-state index contributed by atoms with van der Waals surface area (Å²) in [7, 11) is -9.43. The second kappa shape index (κ2) is 16.5. The minimum atomic E-state index is -5.45. The number of nitrogens with one attached hydrogen (secondary N) is 3. The molecule has 0 aromatic carbocycles. The highest BCUT2D eigenvalue weighted by atomic mass is 32.5. The van der Waals surface area contributed by atoms with Crippen LogP contribution >= 0.6 is 22.4 Å². The van der Waals surface area contributed by atoms with E-state index >= 15 is 0 Å². The first-order valence-corrected chi connectivity index (χ1v) is 21.5.